The molecule has 1 rings (SSSR count). The van der Waals surface area contributed by atoms with Gasteiger partial charge < -0.3 is 10.1 Å². The summed E-state index contributed by atoms with van der Waals surface area (Å²) in [4.78, 5) is 13.5. The maximum absolute atomic E-state index is 11.4. The third-order valence-corrected chi connectivity index (χ3v) is 2.69. The lowest BCUT2D eigenvalue weighted by Crippen LogP contribution is -2.43. The van der Waals surface area contributed by atoms with E-state index in [1.165, 1.54) is 0 Å². The van der Waals surface area contributed by atoms with Crippen molar-refractivity contribution in [3.63, 3.8) is 0 Å². The van der Waals surface area contributed by atoms with Crippen molar-refractivity contribution in [2.75, 3.05) is 32.8 Å². The van der Waals surface area contributed by atoms with Crippen LogP contribution in [-0.2, 0) is 9.53 Å². The summed E-state index contributed by atoms with van der Waals surface area (Å²) in [6.07, 6.45) is 7.46. The van der Waals surface area contributed by atoms with Gasteiger partial charge in [-0.05, 0) is 19.8 Å². The van der Waals surface area contributed by atoms with E-state index in [1.807, 2.05) is 6.92 Å². The Balaban J connectivity index is 2.17. The normalized spacial score (nSPS) is 18.0. The molecule has 1 saturated heterocycles. The van der Waals surface area contributed by atoms with Crippen molar-refractivity contribution in [2.24, 2.45) is 0 Å². The van der Waals surface area contributed by atoms with Crippen LogP contribution < -0.4 is 5.32 Å². The highest BCUT2D eigenvalue weighted by Gasteiger charge is 2.20. The molecule has 0 aromatic rings. The summed E-state index contributed by atoms with van der Waals surface area (Å²) in [5.74, 6) is 2.40. The Morgan fingerprint density at radius 1 is 1.56 bits per heavy atom. The Kier molecular flexibility index (Phi) is 5.91. The number of carbonyl (C=O) groups is 1. The van der Waals surface area contributed by atoms with Crippen LogP contribution in [0, 0.1) is 12.3 Å². The zero-order chi connectivity index (χ0) is 11.8. The number of amides is 1. The number of nitrogens with zero attached hydrogens (tertiary/aromatic N) is 1. The van der Waals surface area contributed by atoms with Gasteiger partial charge in [-0.25, -0.2) is 0 Å². The number of hydrogen-bond acceptors (Lipinski definition) is 3. The van der Waals surface area contributed by atoms with E-state index in [0.717, 1.165) is 32.5 Å². The van der Waals surface area contributed by atoms with Crippen molar-refractivity contribution in [2.45, 2.75) is 25.9 Å². The highest BCUT2D eigenvalue weighted by atomic mass is 16.5. The van der Waals surface area contributed by atoms with Crippen LogP contribution in [0.2, 0.25) is 0 Å². The number of piperidine rings is 1. The second-order valence-corrected chi connectivity index (χ2v) is 3.91. The van der Waals surface area contributed by atoms with Gasteiger partial charge in [-0.2, -0.15) is 0 Å². The second kappa shape index (κ2) is 7.26. The SMILES string of the molecule is C#CCNC(=O)CN1CCC(OCC)CC1. The highest BCUT2D eigenvalue weighted by Crippen LogP contribution is 2.12. The van der Waals surface area contributed by atoms with Gasteiger partial charge >= 0.3 is 0 Å². The van der Waals surface area contributed by atoms with Crippen LogP contribution in [0.3, 0.4) is 0 Å². The Morgan fingerprint density at radius 2 is 2.25 bits per heavy atom. The molecule has 4 nitrogen and oxygen atoms in total. The highest BCUT2D eigenvalue weighted by molar-refractivity contribution is 5.78. The minimum absolute atomic E-state index is 0.00723. The maximum Gasteiger partial charge on any atom is 0.234 e. The Labute approximate surface area is 97.3 Å². The van der Waals surface area contributed by atoms with E-state index in [2.05, 4.69) is 16.1 Å². The summed E-state index contributed by atoms with van der Waals surface area (Å²) in [5.41, 5.74) is 0. The van der Waals surface area contributed by atoms with Gasteiger partial charge in [0.25, 0.3) is 0 Å². The van der Waals surface area contributed by atoms with Crippen molar-refractivity contribution in [1.82, 2.24) is 10.2 Å². The summed E-state index contributed by atoms with van der Waals surface area (Å²) in [7, 11) is 0. The second-order valence-electron chi connectivity index (χ2n) is 3.91. The van der Waals surface area contributed by atoms with Crippen molar-refractivity contribution in [1.29, 1.82) is 0 Å². The van der Waals surface area contributed by atoms with Gasteiger partial charge in [0.2, 0.25) is 5.91 Å². The average Bonchev–Trinajstić information content (AvgIpc) is 2.29. The first-order chi connectivity index (χ1) is 7.76. The predicted octanol–water partition coefficient (Wildman–Crippen LogP) is 0.237. The van der Waals surface area contributed by atoms with E-state index >= 15 is 0 Å². The molecule has 1 N–H and O–H groups in total. The molecule has 0 aromatic carbocycles. The van der Waals surface area contributed by atoms with Gasteiger partial charge in [0, 0.05) is 19.7 Å². The van der Waals surface area contributed by atoms with Gasteiger partial charge in [-0.15, -0.1) is 6.42 Å². The molecule has 0 spiro atoms. The first-order valence-electron chi connectivity index (χ1n) is 5.80. The van der Waals surface area contributed by atoms with Crippen molar-refractivity contribution < 1.29 is 9.53 Å². The molecule has 16 heavy (non-hydrogen) atoms. The van der Waals surface area contributed by atoms with Crippen LogP contribution in [0.5, 0.6) is 0 Å². The molecule has 1 amide bonds. The number of terminal acetylenes is 1. The molecule has 0 radical (unpaired) electrons. The maximum atomic E-state index is 11.4. The molecule has 90 valence electrons. The van der Waals surface area contributed by atoms with Crippen LogP contribution in [-0.4, -0.2) is 49.7 Å². The monoisotopic (exact) mass is 224 g/mol. The van der Waals surface area contributed by atoms with Gasteiger partial charge in [-0.1, -0.05) is 5.92 Å². The molecular weight excluding hydrogens is 204 g/mol. The molecule has 0 aromatic heterocycles. The summed E-state index contributed by atoms with van der Waals surface area (Å²) in [6.45, 7) is 5.39. The largest absolute Gasteiger partial charge is 0.378 e. The van der Waals surface area contributed by atoms with Gasteiger partial charge in [0.05, 0.1) is 19.2 Å². The Hall–Kier alpha value is -1.05. The van der Waals surface area contributed by atoms with Crippen LogP contribution in [0.1, 0.15) is 19.8 Å². The molecule has 0 bridgehead atoms. The number of hydrogen-bond donors (Lipinski definition) is 1. The Morgan fingerprint density at radius 3 is 2.81 bits per heavy atom. The lowest BCUT2D eigenvalue weighted by molar-refractivity contribution is -0.122. The topological polar surface area (TPSA) is 41.6 Å². The number of rotatable bonds is 5. The summed E-state index contributed by atoms with van der Waals surface area (Å²) in [6, 6.07) is 0. The fourth-order valence-corrected chi connectivity index (χ4v) is 1.88. The summed E-state index contributed by atoms with van der Waals surface area (Å²) < 4.78 is 5.55. The van der Waals surface area contributed by atoms with Crippen LogP contribution in [0.15, 0.2) is 0 Å². The lowest BCUT2D eigenvalue weighted by atomic mass is 10.1. The van der Waals surface area contributed by atoms with Gasteiger partial charge in [0.15, 0.2) is 0 Å². The fraction of sp³-hybridized carbons (Fsp3) is 0.750. The minimum atomic E-state index is 0.00723. The molecule has 1 heterocycles. The van der Waals surface area contributed by atoms with Crippen molar-refractivity contribution in [3.05, 3.63) is 0 Å². The molecular formula is C12H20N2O2. The third kappa shape index (κ3) is 4.65. The number of likely N-dealkylation sites (tertiary alicyclic amines) is 1. The first-order valence-corrected chi connectivity index (χ1v) is 5.80. The van der Waals surface area contributed by atoms with E-state index in [0.29, 0.717) is 19.2 Å². The molecule has 0 unspecified atom stereocenters. The predicted molar refractivity (Wildman–Crippen MR) is 62.9 cm³/mol. The van der Waals surface area contributed by atoms with E-state index in [1.54, 1.807) is 0 Å². The molecule has 4 heteroatoms. The molecule has 1 fully saturated rings. The summed E-state index contributed by atoms with van der Waals surface area (Å²) in [5, 5.41) is 2.67. The molecule has 1 aliphatic heterocycles. The smallest absolute Gasteiger partial charge is 0.234 e. The molecule has 0 aliphatic carbocycles. The lowest BCUT2D eigenvalue weighted by Gasteiger charge is -2.31. The van der Waals surface area contributed by atoms with Crippen LogP contribution in [0.4, 0.5) is 0 Å². The van der Waals surface area contributed by atoms with E-state index < -0.39 is 0 Å². The van der Waals surface area contributed by atoms with Crippen molar-refractivity contribution in [3.8, 4) is 12.3 Å². The zero-order valence-electron chi connectivity index (χ0n) is 9.87. The van der Waals surface area contributed by atoms with Gasteiger partial charge in [0.1, 0.15) is 0 Å². The minimum Gasteiger partial charge on any atom is -0.378 e. The summed E-state index contributed by atoms with van der Waals surface area (Å²) >= 11 is 0. The van der Waals surface area contributed by atoms with Crippen LogP contribution in [0.25, 0.3) is 0 Å². The standard InChI is InChI=1S/C12H20N2O2/c1-3-7-13-12(15)10-14-8-5-11(6-9-14)16-4-2/h1,11H,4-10H2,2H3,(H,13,15). The average molecular weight is 224 g/mol. The number of nitrogens with one attached hydrogen (secondary N) is 1. The fourth-order valence-electron chi connectivity index (χ4n) is 1.88. The number of ether oxygens (including phenoxy) is 1. The van der Waals surface area contributed by atoms with Crippen molar-refractivity contribution >= 4 is 5.91 Å². The van der Waals surface area contributed by atoms with E-state index in [9.17, 15) is 4.79 Å². The van der Waals surface area contributed by atoms with Gasteiger partial charge in [-0.3, -0.25) is 9.69 Å². The first kappa shape index (κ1) is 13.0. The quantitative estimate of drug-likeness (QED) is 0.680. The number of carbonyl (C=O) groups excluding carboxylic acids is 1. The third-order valence-electron chi connectivity index (χ3n) is 2.69. The molecule has 0 saturated carbocycles. The molecule has 0 atom stereocenters. The van der Waals surface area contributed by atoms with Crippen LogP contribution >= 0.6 is 0 Å². The molecule has 1 aliphatic rings. The Bertz CT molecular complexity index is 252. The van der Waals surface area contributed by atoms with E-state index in [4.69, 9.17) is 11.2 Å². The zero-order valence-corrected chi connectivity index (χ0v) is 9.87. The van der Waals surface area contributed by atoms with E-state index in [-0.39, 0.29) is 5.91 Å².